The molecule has 5 nitrogen and oxygen atoms in total. The monoisotopic (exact) mass is 200 g/mol. The maximum atomic E-state index is 11.3. The molecule has 1 saturated heterocycles. The van der Waals surface area contributed by atoms with Crippen molar-refractivity contribution >= 4 is 12.0 Å². The highest BCUT2D eigenvalue weighted by molar-refractivity contribution is 5.87. The number of carbonyl (C=O) groups is 2. The van der Waals surface area contributed by atoms with E-state index in [2.05, 4.69) is 22.3 Å². The molecule has 1 aliphatic heterocycles. The van der Waals surface area contributed by atoms with E-state index in [1.54, 1.807) is 0 Å². The Labute approximate surface area is 83.2 Å². The number of hydrogen-bond donors (Lipinski definition) is 2. The normalized spacial score (nSPS) is 20.1. The summed E-state index contributed by atoms with van der Waals surface area (Å²) in [5.41, 5.74) is 0. The van der Waals surface area contributed by atoms with E-state index in [1.165, 1.54) is 0 Å². The molecule has 0 spiro atoms. The van der Waals surface area contributed by atoms with E-state index in [0.717, 1.165) is 19.3 Å². The van der Waals surface area contributed by atoms with Gasteiger partial charge >= 0.3 is 6.09 Å². The number of cyclic esters (lactones) is 1. The van der Waals surface area contributed by atoms with Crippen LogP contribution in [0, 0.1) is 0 Å². The summed E-state index contributed by atoms with van der Waals surface area (Å²) in [6, 6.07) is -0.510. The molecule has 14 heavy (non-hydrogen) atoms. The second-order valence-corrected chi connectivity index (χ2v) is 3.29. The standard InChI is InChI=1S/C9H16N2O3/c1-2-3-4-5-10-8(12)7-6-14-9(13)11-7/h7H,2-6H2,1H3,(H,10,12)(H,11,13). The summed E-state index contributed by atoms with van der Waals surface area (Å²) in [4.78, 5) is 22.0. The van der Waals surface area contributed by atoms with Crippen molar-refractivity contribution in [3.8, 4) is 0 Å². The predicted octanol–water partition coefficient (Wildman–Crippen LogP) is 0.401. The minimum absolute atomic E-state index is 0.137. The van der Waals surface area contributed by atoms with Crippen LogP contribution in [-0.2, 0) is 9.53 Å². The molecule has 5 heteroatoms. The topological polar surface area (TPSA) is 67.4 Å². The third-order valence-electron chi connectivity index (χ3n) is 2.07. The lowest BCUT2D eigenvalue weighted by Gasteiger charge is -2.08. The molecule has 1 heterocycles. The van der Waals surface area contributed by atoms with E-state index in [0.29, 0.717) is 6.54 Å². The first-order valence-corrected chi connectivity index (χ1v) is 4.95. The molecular formula is C9H16N2O3. The minimum atomic E-state index is -0.515. The van der Waals surface area contributed by atoms with E-state index < -0.39 is 12.1 Å². The third-order valence-corrected chi connectivity index (χ3v) is 2.07. The average Bonchev–Trinajstić information content (AvgIpc) is 2.59. The molecule has 0 aromatic heterocycles. The van der Waals surface area contributed by atoms with Gasteiger partial charge in [-0.2, -0.15) is 0 Å². The van der Waals surface area contributed by atoms with E-state index in [-0.39, 0.29) is 12.5 Å². The number of ether oxygens (including phenoxy) is 1. The van der Waals surface area contributed by atoms with Gasteiger partial charge in [0.1, 0.15) is 12.6 Å². The Kier molecular flexibility index (Phi) is 4.22. The van der Waals surface area contributed by atoms with Gasteiger partial charge in [-0.25, -0.2) is 4.79 Å². The Morgan fingerprint density at radius 3 is 3.00 bits per heavy atom. The zero-order valence-corrected chi connectivity index (χ0v) is 8.34. The van der Waals surface area contributed by atoms with Gasteiger partial charge < -0.3 is 15.4 Å². The van der Waals surface area contributed by atoms with Crippen LogP contribution in [0.25, 0.3) is 0 Å². The molecule has 0 aliphatic carbocycles. The van der Waals surface area contributed by atoms with E-state index in [9.17, 15) is 9.59 Å². The second kappa shape index (κ2) is 5.47. The quantitative estimate of drug-likeness (QED) is 0.631. The zero-order chi connectivity index (χ0) is 10.4. The lowest BCUT2D eigenvalue weighted by Crippen LogP contribution is -2.43. The fourth-order valence-corrected chi connectivity index (χ4v) is 1.24. The van der Waals surface area contributed by atoms with Crippen LogP contribution < -0.4 is 10.6 Å². The number of amides is 2. The molecule has 2 amide bonds. The largest absolute Gasteiger partial charge is 0.447 e. The first-order chi connectivity index (χ1) is 6.74. The lowest BCUT2D eigenvalue weighted by molar-refractivity contribution is -0.122. The average molecular weight is 200 g/mol. The number of alkyl carbamates (subject to hydrolysis) is 1. The van der Waals surface area contributed by atoms with Gasteiger partial charge in [0.2, 0.25) is 5.91 Å². The van der Waals surface area contributed by atoms with Crippen molar-refractivity contribution in [3.63, 3.8) is 0 Å². The summed E-state index contributed by atoms with van der Waals surface area (Å²) >= 11 is 0. The molecule has 0 saturated carbocycles. The smallest absolute Gasteiger partial charge is 0.407 e. The summed E-state index contributed by atoms with van der Waals surface area (Å²) in [5, 5.41) is 5.17. The van der Waals surface area contributed by atoms with Gasteiger partial charge in [0, 0.05) is 6.54 Å². The van der Waals surface area contributed by atoms with Gasteiger partial charge in [-0.3, -0.25) is 4.79 Å². The molecule has 0 bridgehead atoms. The summed E-state index contributed by atoms with van der Waals surface area (Å²) in [6.45, 7) is 2.91. The molecular weight excluding hydrogens is 184 g/mol. The molecule has 2 N–H and O–H groups in total. The van der Waals surface area contributed by atoms with Crippen molar-refractivity contribution in [3.05, 3.63) is 0 Å². The number of carbonyl (C=O) groups excluding carboxylic acids is 2. The predicted molar refractivity (Wildman–Crippen MR) is 50.8 cm³/mol. The summed E-state index contributed by atoms with van der Waals surface area (Å²) in [5.74, 6) is -0.160. The molecule has 0 aromatic rings. The highest BCUT2D eigenvalue weighted by Gasteiger charge is 2.28. The van der Waals surface area contributed by atoms with Gasteiger partial charge in [-0.1, -0.05) is 19.8 Å². The third kappa shape index (κ3) is 3.24. The van der Waals surface area contributed by atoms with Gasteiger partial charge in [-0.05, 0) is 6.42 Å². The summed E-state index contributed by atoms with van der Waals surface area (Å²) in [6.07, 6.45) is 2.69. The molecule has 1 rings (SSSR count). The van der Waals surface area contributed by atoms with Gasteiger partial charge in [0.05, 0.1) is 0 Å². The highest BCUT2D eigenvalue weighted by atomic mass is 16.6. The lowest BCUT2D eigenvalue weighted by atomic mass is 10.2. The van der Waals surface area contributed by atoms with Crippen LogP contribution in [0.3, 0.4) is 0 Å². The van der Waals surface area contributed by atoms with Crippen LogP contribution in [0.2, 0.25) is 0 Å². The molecule has 80 valence electrons. The Hall–Kier alpha value is -1.26. The first kappa shape index (κ1) is 10.8. The van der Waals surface area contributed by atoms with Crippen LogP contribution in [0.4, 0.5) is 4.79 Å². The van der Waals surface area contributed by atoms with E-state index >= 15 is 0 Å². The number of hydrogen-bond acceptors (Lipinski definition) is 3. The van der Waals surface area contributed by atoms with Crippen molar-refractivity contribution < 1.29 is 14.3 Å². The maximum absolute atomic E-state index is 11.3. The fourth-order valence-electron chi connectivity index (χ4n) is 1.24. The number of unbranched alkanes of at least 4 members (excludes halogenated alkanes) is 2. The first-order valence-electron chi connectivity index (χ1n) is 4.95. The second-order valence-electron chi connectivity index (χ2n) is 3.29. The van der Waals surface area contributed by atoms with Crippen LogP contribution in [0.1, 0.15) is 26.2 Å². The molecule has 1 unspecified atom stereocenters. The molecule has 1 fully saturated rings. The van der Waals surface area contributed by atoms with Crippen molar-refractivity contribution in [2.45, 2.75) is 32.2 Å². The Balaban J connectivity index is 2.12. The SMILES string of the molecule is CCCCCNC(=O)C1COC(=O)N1. The van der Waals surface area contributed by atoms with Crippen LogP contribution >= 0.6 is 0 Å². The molecule has 0 aromatic carbocycles. The molecule has 0 radical (unpaired) electrons. The van der Waals surface area contributed by atoms with Gasteiger partial charge in [-0.15, -0.1) is 0 Å². The van der Waals surface area contributed by atoms with Crippen molar-refractivity contribution in [2.24, 2.45) is 0 Å². The highest BCUT2D eigenvalue weighted by Crippen LogP contribution is 1.98. The van der Waals surface area contributed by atoms with Crippen LogP contribution in [0.15, 0.2) is 0 Å². The van der Waals surface area contributed by atoms with Crippen LogP contribution in [0.5, 0.6) is 0 Å². The number of rotatable bonds is 5. The van der Waals surface area contributed by atoms with Crippen molar-refractivity contribution in [2.75, 3.05) is 13.2 Å². The Morgan fingerprint density at radius 1 is 1.64 bits per heavy atom. The van der Waals surface area contributed by atoms with Crippen LogP contribution in [-0.4, -0.2) is 31.2 Å². The fraction of sp³-hybridized carbons (Fsp3) is 0.778. The van der Waals surface area contributed by atoms with Gasteiger partial charge in [0.25, 0.3) is 0 Å². The van der Waals surface area contributed by atoms with E-state index in [1.807, 2.05) is 0 Å². The number of nitrogens with one attached hydrogen (secondary N) is 2. The summed E-state index contributed by atoms with van der Waals surface area (Å²) in [7, 11) is 0. The van der Waals surface area contributed by atoms with E-state index in [4.69, 9.17) is 0 Å². The maximum Gasteiger partial charge on any atom is 0.407 e. The Morgan fingerprint density at radius 2 is 2.43 bits per heavy atom. The van der Waals surface area contributed by atoms with Crippen molar-refractivity contribution in [1.82, 2.24) is 10.6 Å². The minimum Gasteiger partial charge on any atom is -0.447 e. The summed E-state index contributed by atoms with van der Waals surface area (Å²) < 4.78 is 4.60. The van der Waals surface area contributed by atoms with Crippen molar-refractivity contribution in [1.29, 1.82) is 0 Å². The Bertz CT molecular complexity index is 218. The van der Waals surface area contributed by atoms with Gasteiger partial charge in [0.15, 0.2) is 0 Å². The zero-order valence-electron chi connectivity index (χ0n) is 8.34. The molecule has 1 aliphatic rings. The molecule has 1 atom stereocenters.